The van der Waals surface area contributed by atoms with Crippen molar-refractivity contribution in [2.75, 3.05) is 18.5 Å². The summed E-state index contributed by atoms with van der Waals surface area (Å²) in [5.41, 5.74) is 2.30. The van der Waals surface area contributed by atoms with Gasteiger partial charge in [0.15, 0.2) is 0 Å². The zero-order valence-electron chi connectivity index (χ0n) is 8.96. The van der Waals surface area contributed by atoms with Gasteiger partial charge in [-0.05, 0) is 24.6 Å². The Morgan fingerprint density at radius 1 is 1.60 bits per heavy atom. The fourth-order valence-electron chi connectivity index (χ4n) is 2.30. The van der Waals surface area contributed by atoms with Gasteiger partial charge < -0.3 is 9.69 Å². The van der Waals surface area contributed by atoms with Gasteiger partial charge in [0.2, 0.25) is 0 Å². The summed E-state index contributed by atoms with van der Waals surface area (Å²) in [6.07, 6.45) is 0.584. The fraction of sp³-hybridized carbons (Fsp3) is 0.417. The Bertz CT molecular complexity index is 403. The van der Waals surface area contributed by atoms with E-state index in [-0.39, 0.29) is 11.7 Å². The molecule has 15 heavy (non-hydrogen) atoms. The van der Waals surface area contributed by atoms with Gasteiger partial charge >= 0.3 is 0 Å². The largest absolute Gasteiger partial charge is 0.374 e. The van der Waals surface area contributed by atoms with E-state index in [1.54, 1.807) is 6.92 Å². The van der Waals surface area contributed by atoms with Crippen molar-refractivity contribution in [2.24, 2.45) is 0 Å². The van der Waals surface area contributed by atoms with Crippen LogP contribution in [0.1, 0.15) is 24.8 Å². The van der Waals surface area contributed by atoms with E-state index in [1.165, 1.54) is 0 Å². The Labute approximate surface area is 94.8 Å². The Morgan fingerprint density at radius 3 is 3.00 bits per heavy atom. The van der Waals surface area contributed by atoms with Gasteiger partial charge in [-0.2, -0.15) is 0 Å². The Kier molecular flexibility index (Phi) is 2.70. The van der Waals surface area contributed by atoms with Crippen LogP contribution in [0.3, 0.4) is 0 Å². The van der Waals surface area contributed by atoms with E-state index in [9.17, 15) is 4.79 Å². The molecule has 3 heteroatoms. The second-order valence-electron chi connectivity index (χ2n) is 4.16. The number of carbonyl (C=O) groups is 1. The fourth-order valence-corrected chi connectivity index (χ4v) is 2.62. The third kappa shape index (κ3) is 1.86. The molecule has 0 radical (unpaired) electrons. The molecule has 1 heterocycles. The lowest BCUT2D eigenvalue weighted by Gasteiger charge is -2.11. The number of carbonyl (C=O) groups excluding carboxylic acids is 1. The molecule has 0 N–H and O–H groups in total. The first-order valence-electron chi connectivity index (χ1n) is 5.08. The third-order valence-corrected chi connectivity index (χ3v) is 3.21. The Morgan fingerprint density at radius 2 is 2.33 bits per heavy atom. The quantitative estimate of drug-likeness (QED) is 0.769. The summed E-state index contributed by atoms with van der Waals surface area (Å²) in [6.45, 7) is 2.52. The molecule has 1 unspecified atom stereocenters. The van der Waals surface area contributed by atoms with E-state index in [0.29, 0.717) is 6.42 Å². The topological polar surface area (TPSA) is 20.3 Å². The normalized spacial score (nSPS) is 19.1. The molecular formula is C12H14ClNO. The predicted molar refractivity (Wildman–Crippen MR) is 62.8 cm³/mol. The first-order valence-corrected chi connectivity index (χ1v) is 5.46. The first kappa shape index (κ1) is 10.5. The van der Waals surface area contributed by atoms with Crippen LogP contribution in [0.4, 0.5) is 5.69 Å². The van der Waals surface area contributed by atoms with Crippen molar-refractivity contribution in [2.45, 2.75) is 19.3 Å². The lowest BCUT2D eigenvalue weighted by atomic mass is 9.96. The van der Waals surface area contributed by atoms with Gasteiger partial charge in [-0.3, -0.25) is 0 Å². The molecule has 0 amide bonds. The van der Waals surface area contributed by atoms with Gasteiger partial charge in [-0.25, -0.2) is 0 Å². The molecule has 0 saturated carbocycles. The second kappa shape index (κ2) is 3.86. The molecule has 1 aliphatic heterocycles. The van der Waals surface area contributed by atoms with Crippen molar-refractivity contribution in [1.29, 1.82) is 0 Å². The molecule has 0 fully saturated rings. The van der Waals surface area contributed by atoms with Crippen LogP contribution in [0, 0.1) is 0 Å². The maximum absolute atomic E-state index is 11.2. The zero-order valence-corrected chi connectivity index (χ0v) is 9.71. The van der Waals surface area contributed by atoms with Gasteiger partial charge in [0, 0.05) is 36.6 Å². The van der Waals surface area contributed by atoms with E-state index in [0.717, 1.165) is 22.8 Å². The van der Waals surface area contributed by atoms with Gasteiger partial charge in [-0.15, -0.1) is 0 Å². The lowest BCUT2D eigenvalue weighted by Crippen LogP contribution is -2.16. The number of hydrogen-bond acceptors (Lipinski definition) is 2. The van der Waals surface area contributed by atoms with E-state index in [4.69, 9.17) is 11.6 Å². The number of fused-ring (bicyclic) bond motifs is 1. The highest BCUT2D eigenvalue weighted by molar-refractivity contribution is 6.32. The molecule has 0 bridgehead atoms. The minimum absolute atomic E-state index is 0.223. The summed E-state index contributed by atoms with van der Waals surface area (Å²) in [4.78, 5) is 13.3. The summed E-state index contributed by atoms with van der Waals surface area (Å²) in [5.74, 6) is 0.484. The minimum Gasteiger partial charge on any atom is -0.374 e. The summed E-state index contributed by atoms with van der Waals surface area (Å²) in [7, 11) is 2.04. The highest BCUT2D eigenvalue weighted by Crippen LogP contribution is 2.41. The van der Waals surface area contributed by atoms with Crippen molar-refractivity contribution in [3.63, 3.8) is 0 Å². The second-order valence-corrected chi connectivity index (χ2v) is 4.56. The van der Waals surface area contributed by atoms with Crippen LogP contribution in [0.25, 0.3) is 0 Å². The van der Waals surface area contributed by atoms with Crippen molar-refractivity contribution in [3.05, 3.63) is 28.8 Å². The third-order valence-electron chi connectivity index (χ3n) is 2.88. The molecule has 1 aromatic rings. The number of Topliss-reactive ketones (excluding diaryl/α,β-unsaturated/α-hetero) is 1. The predicted octanol–water partition coefficient (Wildman–Crippen LogP) is 2.85. The summed E-state index contributed by atoms with van der Waals surface area (Å²) >= 11 is 6.18. The van der Waals surface area contributed by atoms with Gasteiger partial charge in [-0.1, -0.05) is 17.7 Å². The van der Waals surface area contributed by atoms with E-state index in [2.05, 4.69) is 11.0 Å². The zero-order chi connectivity index (χ0) is 11.0. The van der Waals surface area contributed by atoms with E-state index < -0.39 is 0 Å². The van der Waals surface area contributed by atoms with Gasteiger partial charge in [0.1, 0.15) is 5.78 Å². The Hall–Kier alpha value is -1.02. The van der Waals surface area contributed by atoms with Crippen LogP contribution in [0.2, 0.25) is 5.02 Å². The maximum atomic E-state index is 11.2. The monoisotopic (exact) mass is 223 g/mol. The van der Waals surface area contributed by atoms with Crippen LogP contribution in [-0.2, 0) is 4.79 Å². The molecule has 0 aromatic heterocycles. The van der Waals surface area contributed by atoms with Crippen LogP contribution in [-0.4, -0.2) is 19.4 Å². The molecule has 2 nitrogen and oxygen atoms in total. The van der Waals surface area contributed by atoms with Crippen molar-refractivity contribution < 1.29 is 4.79 Å². The van der Waals surface area contributed by atoms with Crippen LogP contribution >= 0.6 is 11.6 Å². The van der Waals surface area contributed by atoms with Crippen LogP contribution in [0.5, 0.6) is 0 Å². The number of hydrogen-bond donors (Lipinski definition) is 0. The van der Waals surface area contributed by atoms with E-state index in [1.807, 2.05) is 19.2 Å². The molecular weight excluding hydrogens is 210 g/mol. The van der Waals surface area contributed by atoms with Crippen molar-refractivity contribution in [3.8, 4) is 0 Å². The lowest BCUT2D eigenvalue weighted by molar-refractivity contribution is -0.117. The summed E-state index contributed by atoms with van der Waals surface area (Å²) < 4.78 is 0. The SMILES string of the molecule is CC(=O)CC1CN(C)c2cccc(Cl)c21. The minimum atomic E-state index is 0.223. The number of halogens is 1. The molecule has 1 aromatic carbocycles. The molecule has 1 aliphatic rings. The Balaban J connectivity index is 2.39. The molecule has 0 aliphatic carbocycles. The molecule has 80 valence electrons. The summed E-state index contributed by atoms with van der Waals surface area (Å²) in [5, 5.41) is 0.781. The van der Waals surface area contributed by atoms with Crippen LogP contribution in [0.15, 0.2) is 18.2 Å². The van der Waals surface area contributed by atoms with Gasteiger partial charge in [0.05, 0.1) is 0 Å². The molecule has 0 spiro atoms. The number of benzene rings is 1. The average molecular weight is 224 g/mol. The van der Waals surface area contributed by atoms with Gasteiger partial charge in [0.25, 0.3) is 0 Å². The standard InChI is InChI=1S/C12H14ClNO/c1-8(15)6-9-7-14(2)11-5-3-4-10(13)12(9)11/h3-5,9H,6-7H2,1-2H3. The van der Waals surface area contributed by atoms with E-state index >= 15 is 0 Å². The smallest absolute Gasteiger partial charge is 0.130 e. The molecule has 2 rings (SSSR count). The van der Waals surface area contributed by atoms with Crippen molar-refractivity contribution >= 4 is 23.1 Å². The summed E-state index contributed by atoms with van der Waals surface area (Å²) in [6, 6.07) is 5.90. The molecule has 1 atom stereocenters. The average Bonchev–Trinajstić information content (AvgIpc) is 2.44. The first-order chi connectivity index (χ1) is 7.09. The maximum Gasteiger partial charge on any atom is 0.130 e. The number of rotatable bonds is 2. The number of nitrogens with zero attached hydrogens (tertiary/aromatic N) is 1. The highest BCUT2D eigenvalue weighted by atomic mass is 35.5. The number of likely N-dealkylation sites (N-methyl/N-ethyl adjacent to an activating group) is 1. The number of ketones is 1. The van der Waals surface area contributed by atoms with Crippen LogP contribution < -0.4 is 4.90 Å². The highest BCUT2D eigenvalue weighted by Gasteiger charge is 2.29. The molecule has 0 saturated heterocycles. The number of anilines is 1. The van der Waals surface area contributed by atoms with Crippen molar-refractivity contribution in [1.82, 2.24) is 0 Å².